The van der Waals surface area contributed by atoms with Gasteiger partial charge in [-0.1, -0.05) is 0 Å². The average Bonchev–Trinajstić information content (AvgIpc) is 3.17. The Balaban J connectivity index is 1.33. The molecule has 2 aliphatic rings. The van der Waals surface area contributed by atoms with Crippen LogP contribution in [0, 0.1) is 13.8 Å². The Morgan fingerprint density at radius 2 is 2.09 bits per heavy atom. The highest BCUT2D eigenvalue weighted by Gasteiger charge is 2.30. The van der Waals surface area contributed by atoms with Crippen LogP contribution in [0.2, 0.25) is 0 Å². The molecule has 0 radical (unpaired) electrons. The zero-order chi connectivity index (χ0) is 15.8. The van der Waals surface area contributed by atoms with E-state index in [2.05, 4.69) is 38.1 Å². The molecule has 0 saturated carbocycles. The molecule has 2 aliphatic heterocycles. The summed E-state index contributed by atoms with van der Waals surface area (Å²) in [6.07, 6.45) is 5.35. The third-order valence-electron chi connectivity index (χ3n) is 5.01. The average molecular weight is 313 g/mol. The predicted octanol–water partition coefficient (Wildman–Crippen LogP) is 2.00. The Kier molecular flexibility index (Phi) is 3.77. The van der Waals surface area contributed by atoms with Gasteiger partial charge in [0.1, 0.15) is 11.9 Å². The van der Waals surface area contributed by atoms with Gasteiger partial charge in [-0.05, 0) is 45.8 Å². The number of aromatic amines is 1. The molecule has 0 spiro atoms. The van der Waals surface area contributed by atoms with E-state index in [4.69, 9.17) is 4.74 Å². The molecule has 1 N–H and O–H groups in total. The second-order valence-electron chi connectivity index (χ2n) is 6.67. The van der Waals surface area contributed by atoms with E-state index in [1.165, 1.54) is 24.1 Å². The van der Waals surface area contributed by atoms with Crippen LogP contribution in [0.3, 0.4) is 0 Å². The molecule has 0 aliphatic carbocycles. The molecular weight excluding hydrogens is 290 g/mol. The molecule has 2 aromatic heterocycles. The fourth-order valence-electron chi connectivity index (χ4n) is 3.77. The number of hydrogen-bond acceptors (Lipinski definition) is 5. The van der Waals surface area contributed by atoms with E-state index in [-0.39, 0.29) is 6.10 Å². The smallest absolute Gasteiger partial charge is 0.220 e. The quantitative estimate of drug-likeness (QED) is 0.939. The van der Waals surface area contributed by atoms with Gasteiger partial charge in [0.15, 0.2) is 0 Å². The predicted molar refractivity (Wildman–Crippen MR) is 86.6 cm³/mol. The van der Waals surface area contributed by atoms with Gasteiger partial charge in [0.25, 0.3) is 0 Å². The summed E-state index contributed by atoms with van der Waals surface area (Å²) >= 11 is 0. The van der Waals surface area contributed by atoms with Crippen molar-refractivity contribution in [2.75, 3.05) is 19.6 Å². The van der Waals surface area contributed by atoms with Gasteiger partial charge in [-0.25, -0.2) is 4.98 Å². The zero-order valence-corrected chi connectivity index (χ0v) is 13.7. The number of nitrogens with one attached hydrogen (secondary N) is 1. The molecule has 1 fully saturated rings. The van der Waals surface area contributed by atoms with E-state index in [9.17, 15) is 0 Å². The highest BCUT2D eigenvalue weighted by atomic mass is 16.5. The Morgan fingerprint density at radius 3 is 2.83 bits per heavy atom. The SMILES string of the molecule is Cc1nc(C)c2c(n1)O[C@H](CN1CCC(c3ccn[nH]3)CC1)C2. The summed E-state index contributed by atoms with van der Waals surface area (Å²) in [5, 5.41) is 7.18. The first-order valence-corrected chi connectivity index (χ1v) is 8.41. The Labute approximate surface area is 136 Å². The minimum atomic E-state index is 0.212. The standard InChI is InChI=1S/C17H23N5O/c1-11-15-9-14(23-17(15)20-12(2)19-11)10-22-7-4-13(5-8-22)16-3-6-18-21-16/h3,6,13-14H,4-5,7-10H2,1-2H3,(H,18,21)/t14-/m0/s1. The molecule has 4 heterocycles. The number of nitrogens with zero attached hydrogens (tertiary/aromatic N) is 4. The topological polar surface area (TPSA) is 66.9 Å². The van der Waals surface area contributed by atoms with E-state index in [0.29, 0.717) is 5.92 Å². The molecule has 4 rings (SSSR count). The summed E-state index contributed by atoms with van der Waals surface area (Å²) in [5.41, 5.74) is 3.52. The molecule has 0 bridgehead atoms. The third-order valence-corrected chi connectivity index (χ3v) is 5.01. The molecule has 6 heteroatoms. The van der Waals surface area contributed by atoms with Crippen LogP contribution in [0.4, 0.5) is 0 Å². The van der Waals surface area contributed by atoms with Gasteiger partial charge in [0, 0.05) is 42.0 Å². The van der Waals surface area contributed by atoms with Crippen LogP contribution in [-0.2, 0) is 6.42 Å². The molecule has 1 atom stereocenters. The maximum absolute atomic E-state index is 6.06. The lowest BCUT2D eigenvalue weighted by Gasteiger charge is -2.32. The van der Waals surface area contributed by atoms with Crippen molar-refractivity contribution in [3.8, 4) is 5.88 Å². The van der Waals surface area contributed by atoms with Crippen molar-refractivity contribution in [3.63, 3.8) is 0 Å². The maximum atomic E-state index is 6.06. The van der Waals surface area contributed by atoms with Crippen LogP contribution in [0.5, 0.6) is 5.88 Å². The lowest BCUT2D eigenvalue weighted by atomic mass is 9.93. The van der Waals surface area contributed by atoms with E-state index in [1.54, 1.807) is 0 Å². The van der Waals surface area contributed by atoms with Gasteiger partial charge in [0.05, 0.1) is 0 Å². The van der Waals surface area contributed by atoms with Crippen molar-refractivity contribution in [1.82, 2.24) is 25.1 Å². The van der Waals surface area contributed by atoms with Gasteiger partial charge in [-0.3, -0.25) is 10.00 Å². The second kappa shape index (κ2) is 5.92. The number of hydrogen-bond donors (Lipinski definition) is 1. The molecular formula is C17H23N5O. The molecule has 6 nitrogen and oxygen atoms in total. The number of rotatable bonds is 3. The molecule has 0 amide bonds. The molecule has 2 aromatic rings. The van der Waals surface area contributed by atoms with Crippen LogP contribution in [0.15, 0.2) is 12.3 Å². The van der Waals surface area contributed by atoms with Crippen LogP contribution in [0.25, 0.3) is 0 Å². The largest absolute Gasteiger partial charge is 0.472 e. The monoisotopic (exact) mass is 313 g/mol. The molecule has 0 aromatic carbocycles. The number of ether oxygens (including phenoxy) is 1. The van der Waals surface area contributed by atoms with E-state index >= 15 is 0 Å². The minimum Gasteiger partial charge on any atom is -0.472 e. The number of fused-ring (bicyclic) bond motifs is 1. The third kappa shape index (κ3) is 2.95. The molecule has 23 heavy (non-hydrogen) atoms. The van der Waals surface area contributed by atoms with Gasteiger partial charge < -0.3 is 4.74 Å². The Bertz CT molecular complexity index is 677. The van der Waals surface area contributed by atoms with Gasteiger partial charge >= 0.3 is 0 Å². The highest BCUT2D eigenvalue weighted by molar-refractivity contribution is 5.34. The van der Waals surface area contributed by atoms with Crippen molar-refractivity contribution in [2.45, 2.75) is 45.1 Å². The number of aryl methyl sites for hydroxylation is 2. The van der Waals surface area contributed by atoms with E-state index in [1.807, 2.05) is 13.1 Å². The number of H-pyrrole nitrogens is 1. The summed E-state index contributed by atoms with van der Waals surface area (Å²) in [6, 6.07) is 2.10. The first-order valence-electron chi connectivity index (χ1n) is 8.41. The lowest BCUT2D eigenvalue weighted by Crippen LogP contribution is -2.40. The number of aromatic nitrogens is 4. The summed E-state index contributed by atoms with van der Waals surface area (Å²) in [6.45, 7) is 7.18. The number of piperidine rings is 1. The highest BCUT2D eigenvalue weighted by Crippen LogP contribution is 2.31. The fraction of sp³-hybridized carbons (Fsp3) is 0.588. The summed E-state index contributed by atoms with van der Waals surface area (Å²) < 4.78 is 6.06. The fourth-order valence-corrected chi connectivity index (χ4v) is 3.77. The zero-order valence-electron chi connectivity index (χ0n) is 13.7. The maximum Gasteiger partial charge on any atom is 0.220 e. The van der Waals surface area contributed by atoms with Crippen LogP contribution in [-0.4, -0.2) is 50.8 Å². The van der Waals surface area contributed by atoms with Crippen molar-refractivity contribution >= 4 is 0 Å². The Morgan fingerprint density at radius 1 is 1.26 bits per heavy atom. The number of likely N-dealkylation sites (tertiary alicyclic amines) is 1. The first kappa shape index (κ1) is 14.6. The van der Waals surface area contributed by atoms with Crippen LogP contribution in [0.1, 0.15) is 41.5 Å². The van der Waals surface area contributed by atoms with Gasteiger partial charge in [-0.15, -0.1) is 0 Å². The Hall–Kier alpha value is -1.95. The molecule has 122 valence electrons. The molecule has 0 unspecified atom stereocenters. The molecule has 1 saturated heterocycles. The lowest BCUT2D eigenvalue weighted by molar-refractivity contribution is 0.125. The minimum absolute atomic E-state index is 0.212. The van der Waals surface area contributed by atoms with Crippen molar-refractivity contribution < 1.29 is 4.74 Å². The van der Waals surface area contributed by atoms with Gasteiger partial charge in [0.2, 0.25) is 5.88 Å². The van der Waals surface area contributed by atoms with E-state index < -0.39 is 0 Å². The first-order chi connectivity index (χ1) is 11.2. The van der Waals surface area contributed by atoms with Crippen LogP contribution >= 0.6 is 0 Å². The van der Waals surface area contributed by atoms with Crippen LogP contribution < -0.4 is 4.74 Å². The van der Waals surface area contributed by atoms with Gasteiger partial charge in [-0.2, -0.15) is 10.1 Å². The summed E-state index contributed by atoms with van der Waals surface area (Å²) in [7, 11) is 0. The van der Waals surface area contributed by atoms with E-state index in [0.717, 1.165) is 43.5 Å². The second-order valence-corrected chi connectivity index (χ2v) is 6.67. The summed E-state index contributed by atoms with van der Waals surface area (Å²) in [5.74, 6) is 2.21. The summed E-state index contributed by atoms with van der Waals surface area (Å²) in [4.78, 5) is 11.4. The van der Waals surface area contributed by atoms with Crippen molar-refractivity contribution in [2.24, 2.45) is 0 Å². The van der Waals surface area contributed by atoms with Crippen molar-refractivity contribution in [3.05, 3.63) is 35.0 Å². The normalized spacial score (nSPS) is 22.1. The van der Waals surface area contributed by atoms with Crippen molar-refractivity contribution in [1.29, 1.82) is 0 Å².